The quantitative estimate of drug-likeness (QED) is 0.823. The minimum absolute atomic E-state index is 0.0323. The Morgan fingerprint density at radius 1 is 1.26 bits per heavy atom. The predicted molar refractivity (Wildman–Crippen MR) is 74.3 cm³/mol. The molecular weight excluding hydrogens is 238 g/mol. The number of aryl methyl sites for hydroxylation is 3. The summed E-state index contributed by atoms with van der Waals surface area (Å²) in [5.41, 5.74) is 5.81. The van der Waals surface area contributed by atoms with Crippen molar-refractivity contribution >= 4 is 11.7 Å². The van der Waals surface area contributed by atoms with Crippen molar-refractivity contribution in [3.05, 3.63) is 46.1 Å². The Balaban J connectivity index is 2.17. The van der Waals surface area contributed by atoms with E-state index in [0.717, 1.165) is 11.3 Å². The first-order valence-corrected chi connectivity index (χ1v) is 6.48. The Bertz CT molecular complexity index is 657. The molecule has 1 aliphatic rings. The van der Waals surface area contributed by atoms with Gasteiger partial charge >= 0.3 is 0 Å². The highest BCUT2D eigenvalue weighted by Crippen LogP contribution is 2.39. The fraction of sp³-hybridized carbons (Fsp3) is 0.333. The van der Waals surface area contributed by atoms with Crippen LogP contribution in [0.15, 0.2) is 18.2 Å². The SMILES string of the molecule is Cc1ccc(C)c([C@H]2CC(=O)Nc3n[nH]c(C)c32)c1. The number of carbonyl (C=O) groups is 1. The summed E-state index contributed by atoms with van der Waals surface area (Å²) in [5.74, 6) is 0.812. The lowest BCUT2D eigenvalue weighted by molar-refractivity contribution is -0.116. The molecule has 4 nitrogen and oxygen atoms in total. The number of rotatable bonds is 1. The Morgan fingerprint density at radius 2 is 2.05 bits per heavy atom. The van der Waals surface area contributed by atoms with Crippen molar-refractivity contribution in [2.45, 2.75) is 33.1 Å². The van der Waals surface area contributed by atoms with Crippen molar-refractivity contribution in [1.82, 2.24) is 10.2 Å². The maximum absolute atomic E-state index is 11.9. The molecule has 0 radical (unpaired) electrons. The minimum Gasteiger partial charge on any atom is -0.309 e. The average Bonchev–Trinajstić information content (AvgIpc) is 2.73. The fourth-order valence-corrected chi connectivity index (χ4v) is 2.83. The minimum atomic E-state index is 0.0323. The number of nitrogens with one attached hydrogen (secondary N) is 2. The number of benzene rings is 1. The van der Waals surface area contributed by atoms with Crippen LogP contribution in [0, 0.1) is 20.8 Å². The molecule has 0 fully saturated rings. The number of hydrogen-bond donors (Lipinski definition) is 2. The standard InChI is InChI=1S/C15H17N3O/c1-8-4-5-9(2)11(6-8)12-7-13(19)16-15-14(12)10(3)17-18-15/h4-6,12H,7H2,1-3H3,(H2,16,17,18,19)/t12-/m1/s1. The molecule has 0 bridgehead atoms. The third-order valence-electron chi connectivity index (χ3n) is 3.80. The van der Waals surface area contributed by atoms with Crippen molar-refractivity contribution in [3.8, 4) is 0 Å². The lowest BCUT2D eigenvalue weighted by Gasteiger charge is -2.24. The molecule has 1 aromatic carbocycles. The predicted octanol–water partition coefficient (Wildman–Crippen LogP) is 2.81. The van der Waals surface area contributed by atoms with Crippen LogP contribution in [0.5, 0.6) is 0 Å². The highest BCUT2D eigenvalue weighted by atomic mass is 16.1. The molecule has 2 N–H and O–H groups in total. The second-order valence-electron chi connectivity index (χ2n) is 5.28. The Labute approximate surface area is 112 Å². The number of aromatic nitrogens is 2. The van der Waals surface area contributed by atoms with Crippen LogP contribution in [0.1, 0.15) is 40.3 Å². The zero-order valence-corrected chi connectivity index (χ0v) is 11.4. The summed E-state index contributed by atoms with van der Waals surface area (Å²) in [5, 5.41) is 9.98. The molecule has 1 aromatic heterocycles. The molecule has 4 heteroatoms. The first-order valence-electron chi connectivity index (χ1n) is 6.48. The van der Waals surface area contributed by atoms with Crippen molar-refractivity contribution in [3.63, 3.8) is 0 Å². The molecule has 2 heterocycles. The summed E-state index contributed by atoms with van der Waals surface area (Å²) in [6, 6.07) is 6.39. The van der Waals surface area contributed by atoms with Gasteiger partial charge in [0.15, 0.2) is 5.82 Å². The monoisotopic (exact) mass is 255 g/mol. The Hall–Kier alpha value is -2.10. The van der Waals surface area contributed by atoms with Gasteiger partial charge in [-0.2, -0.15) is 5.10 Å². The van der Waals surface area contributed by atoms with Crippen molar-refractivity contribution in [2.24, 2.45) is 0 Å². The molecule has 98 valence electrons. The highest BCUT2D eigenvalue weighted by Gasteiger charge is 2.31. The molecule has 0 unspecified atom stereocenters. The summed E-state index contributed by atoms with van der Waals surface area (Å²) in [6.45, 7) is 6.17. The zero-order chi connectivity index (χ0) is 13.6. The molecule has 1 atom stereocenters. The smallest absolute Gasteiger partial charge is 0.226 e. The van der Waals surface area contributed by atoms with Gasteiger partial charge in [0.1, 0.15) is 0 Å². The number of hydrogen-bond acceptors (Lipinski definition) is 2. The van der Waals surface area contributed by atoms with Gasteiger partial charge in [0.05, 0.1) is 0 Å². The number of carbonyl (C=O) groups excluding carboxylic acids is 1. The van der Waals surface area contributed by atoms with E-state index >= 15 is 0 Å². The molecule has 19 heavy (non-hydrogen) atoms. The number of fused-ring (bicyclic) bond motifs is 1. The Kier molecular flexibility index (Phi) is 2.66. The van der Waals surface area contributed by atoms with Crippen LogP contribution in [0.4, 0.5) is 5.82 Å². The fourth-order valence-electron chi connectivity index (χ4n) is 2.83. The van der Waals surface area contributed by atoms with Crippen LogP contribution in [-0.4, -0.2) is 16.1 Å². The molecule has 0 aliphatic carbocycles. The normalized spacial score (nSPS) is 18.1. The van der Waals surface area contributed by atoms with Crippen molar-refractivity contribution < 1.29 is 4.79 Å². The van der Waals surface area contributed by atoms with E-state index in [9.17, 15) is 4.79 Å². The van der Waals surface area contributed by atoms with Gasteiger partial charge in [-0.05, 0) is 31.9 Å². The third-order valence-corrected chi connectivity index (χ3v) is 3.80. The molecule has 0 saturated carbocycles. The van der Waals surface area contributed by atoms with Crippen LogP contribution < -0.4 is 5.32 Å². The van der Waals surface area contributed by atoms with Gasteiger partial charge < -0.3 is 5.32 Å². The molecule has 2 aromatic rings. The summed E-state index contributed by atoms with van der Waals surface area (Å²) >= 11 is 0. The number of aromatic amines is 1. The van der Waals surface area contributed by atoms with E-state index in [2.05, 4.69) is 47.6 Å². The summed E-state index contributed by atoms with van der Waals surface area (Å²) in [7, 11) is 0. The summed E-state index contributed by atoms with van der Waals surface area (Å²) in [4.78, 5) is 11.9. The van der Waals surface area contributed by atoms with E-state index < -0.39 is 0 Å². The topological polar surface area (TPSA) is 57.8 Å². The number of amides is 1. The lowest BCUT2D eigenvalue weighted by atomic mass is 9.83. The second-order valence-corrected chi connectivity index (χ2v) is 5.28. The molecule has 1 aliphatic heterocycles. The average molecular weight is 255 g/mol. The molecule has 1 amide bonds. The number of H-pyrrole nitrogens is 1. The Morgan fingerprint density at radius 3 is 2.84 bits per heavy atom. The number of anilines is 1. The lowest BCUT2D eigenvalue weighted by Crippen LogP contribution is -2.24. The van der Waals surface area contributed by atoms with Crippen LogP contribution >= 0.6 is 0 Å². The zero-order valence-electron chi connectivity index (χ0n) is 11.4. The second kappa shape index (κ2) is 4.23. The molecule has 0 spiro atoms. The summed E-state index contributed by atoms with van der Waals surface area (Å²) < 4.78 is 0. The highest BCUT2D eigenvalue weighted by molar-refractivity contribution is 5.94. The number of nitrogens with zero attached hydrogens (tertiary/aromatic N) is 1. The van der Waals surface area contributed by atoms with Gasteiger partial charge in [-0.25, -0.2) is 0 Å². The van der Waals surface area contributed by atoms with E-state index in [0.29, 0.717) is 12.2 Å². The van der Waals surface area contributed by atoms with Crippen LogP contribution in [0.3, 0.4) is 0 Å². The van der Waals surface area contributed by atoms with Crippen LogP contribution in [0.25, 0.3) is 0 Å². The maximum atomic E-state index is 11.9. The van der Waals surface area contributed by atoms with Gasteiger partial charge in [0.2, 0.25) is 5.91 Å². The molecular formula is C15H17N3O. The van der Waals surface area contributed by atoms with Crippen molar-refractivity contribution in [1.29, 1.82) is 0 Å². The van der Waals surface area contributed by atoms with E-state index in [-0.39, 0.29) is 11.8 Å². The van der Waals surface area contributed by atoms with Gasteiger partial charge in [-0.15, -0.1) is 0 Å². The maximum Gasteiger partial charge on any atom is 0.226 e. The van der Waals surface area contributed by atoms with Gasteiger partial charge in [-0.3, -0.25) is 9.89 Å². The first-order chi connectivity index (χ1) is 9.06. The van der Waals surface area contributed by atoms with E-state index in [1.165, 1.54) is 16.7 Å². The molecule has 0 saturated heterocycles. The van der Waals surface area contributed by atoms with Crippen LogP contribution in [0.2, 0.25) is 0 Å². The van der Waals surface area contributed by atoms with E-state index in [4.69, 9.17) is 0 Å². The van der Waals surface area contributed by atoms with E-state index in [1.54, 1.807) is 0 Å². The molecule has 3 rings (SSSR count). The van der Waals surface area contributed by atoms with Crippen LogP contribution in [-0.2, 0) is 4.79 Å². The van der Waals surface area contributed by atoms with Crippen molar-refractivity contribution in [2.75, 3.05) is 5.32 Å². The first kappa shape index (κ1) is 12.0. The van der Waals surface area contributed by atoms with E-state index in [1.807, 2.05) is 6.92 Å². The van der Waals surface area contributed by atoms with Gasteiger partial charge in [0, 0.05) is 23.6 Å². The largest absolute Gasteiger partial charge is 0.309 e. The summed E-state index contributed by atoms with van der Waals surface area (Å²) in [6.07, 6.45) is 0.484. The third kappa shape index (κ3) is 1.93. The van der Waals surface area contributed by atoms with Gasteiger partial charge in [0.25, 0.3) is 0 Å². The van der Waals surface area contributed by atoms with Gasteiger partial charge in [-0.1, -0.05) is 23.8 Å².